The lowest BCUT2D eigenvalue weighted by Gasteiger charge is -2.09. The molecule has 1 rings (SSSR count). The number of hydrogen-bond acceptors (Lipinski definition) is 2. The van der Waals surface area contributed by atoms with Gasteiger partial charge in [0.2, 0.25) is 5.91 Å². The zero-order valence-electron chi connectivity index (χ0n) is 10.2. The fourth-order valence-corrected chi connectivity index (χ4v) is 1.29. The minimum Gasteiger partial charge on any atom is -0.322 e. The molecule has 1 amide bonds. The van der Waals surface area contributed by atoms with Crippen LogP contribution >= 0.6 is 0 Å². The first kappa shape index (κ1) is 14.5. The highest BCUT2D eigenvalue weighted by Gasteiger charge is 2.14. The summed E-state index contributed by atoms with van der Waals surface area (Å²) in [6, 6.07) is 1.74. The van der Waals surface area contributed by atoms with Gasteiger partial charge in [-0.1, -0.05) is 13.8 Å². The fraction of sp³-hybridized carbons (Fsp3) is 0.417. The first-order valence-corrected chi connectivity index (χ1v) is 5.56. The highest BCUT2D eigenvalue weighted by atomic mass is 19.2. The maximum atomic E-state index is 13.2. The van der Waals surface area contributed by atoms with Crippen LogP contribution in [-0.2, 0) is 4.79 Å². The molecule has 1 aromatic rings. The van der Waals surface area contributed by atoms with E-state index in [0.717, 1.165) is 12.1 Å². The third-order valence-corrected chi connectivity index (χ3v) is 2.15. The van der Waals surface area contributed by atoms with Gasteiger partial charge >= 0.3 is 0 Å². The first-order valence-electron chi connectivity index (χ1n) is 5.56. The summed E-state index contributed by atoms with van der Waals surface area (Å²) in [5, 5.41) is 5.02. The molecule has 0 bridgehead atoms. The van der Waals surface area contributed by atoms with Crippen LogP contribution in [0.4, 0.5) is 18.9 Å². The van der Waals surface area contributed by atoms with Crippen molar-refractivity contribution in [1.29, 1.82) is 0 Å². The summed E-state index contributed by atoms with van der Waals surface area (Å²) in [5.74, 6) is -4.42. The van der Waals surface area contributed by atoms with Crippen LogP contribution in [-0.4, -0.2) is 19.0 Å². The summed E-state index contributed by atoms with van der Waals surface area (Å²) in [5.41, 5.74) is -0.370. The topological polar surface area (TPSA) is 41.1 Å². The van der Waals surface area contributed by atoms with E-state index in [4.69, 9.17) is 0 Å². The summed E-state index contributed by atoms with van der Waals surface area (Å²) in [7, 11) is 0. The van der Waals surface area contributed by atoms with E-state index in [1.165, 1.54) is 0 Å². The van der Waals surface area contributed by atoms with Crippen molar-refractivity contribution >= 4 is 11.6 Å². The monoisotopic (exact) mass is 260 g/mol. The Balaban J connectivity index is 2.57. The molecule has 1 aromatic carbocycles. The molecule has 2 N–H and O–H groups in total. The fourth-order valence-electron chi connectivity index (χ4n) is 1.29. The zero-order valence-corrected chi connectivity index (χ0v) is 10.2. The highest BCUT2D eigenvalue weighted by molar-refractivity contribution is 5.92. The molecule has 0 spiro atoms. The number of nitrogens with one attached hydrogen (secondary N) is 2. The van der Waals surface area contributed by atoms with E-state index in [1.807, 2.05) is 13.8 Å². The molecule has 0 aliphatic heterocycles. The lowest BCUT2D eigenvalue weighted by atomic mass is 10.2. The average Bonchev–Trinajstić information content (AvgIpc) is 2.29. The van der Waals surface area contributed by atoms with Crippen molar-refractivity contribution in [3.63, 3.8) is 0 Å². The van der Waals surface area contributed by atoms with Crippen LogP contribution in [0.2, 0.25) is 0 Å². The van der Waals surface area contributed by atoms with E-state index in [9.17, 15) is 18.0 Å². The molecule has 0 aliphatic rings. The van der Waals surface area contributed by atoms with Gasteiger partial charge in [0, 0.05) is 0 Å². The molecule has 0 saturated carbocycles. The highest BCUT2D eigenvalue weighted by Crippen LogP contribution is 2.19. The van der Waals surface area contributed by atoms with E-state index in [-0.39, 0.29) is 12.2 Å². The Kier molecular flexibility index (Phi) is 5.15. The van der Waals surface area contributed by atoms with Crippen molar-refractivity contribution in [2.45, 2.75) is 13.8 Å². The van der Waals surface area contributed by atoms with Gasteiger partial charge in [0.15, 0.2) is 17.5 Å². The Bertz CT molecular complexity index is 436. The second kappa shape index (κ2) is 6.39. The summed E-state index contributed by atoms with van der Waals surface area (Å²) < 4.78 is 38.8. The van der Waals surface area contributed by atoms with Crippen LogP contribution in [0.15, 0.2) is 12.1 Å². The van der Waals surface area contributed by atoms with E-state index in [2.05, 4.69) is 10.6 Å². The molecular weight excluding hydrogens is 245 g/mol. The molecule has 0 aromatic heterocycles. The Hall–Kier alpha value is -1.56. The van der Waals surface area contributed by atoms with Gasteiger partial charge in [-0.2, -0.15) is 0 Å². The van der Waals surface area contributed by atoms with Gasteiger partial charge in [-0.15, -0.1) is 0 Å². The SMILES string of the molecule is CC(C)CNCC(=O)Nc1ccc(F)c(F)c1F. The maximum absolute atomic E-state index is 13.2. The van der Waals surface area contributed by atoms with Gasteiger partial charge in [0.25, 0.3) is 0 Å². The molecule has 0 radical (unpaired) electrons. The van der Waals surface area contributed by atoms with Crippen molar-refractivity contribution in [2.24, 2.45) is 5.92 Å². The molecule has 0 unspecified atom stereocenters. The van der Waals surface area contributed by atoms with Crippen LogP contribution in [0, 0.1) is 23.4 Å². The molecule has 0 heterocycles. The van der Waals surface area contributed by atoms with Crippen LogP contribution in [0.1, 0.15) is 13.8 Å². The van der Waals surface area contributed by atoms with Crippen LogP contribution in [0.3, 0.4) is 0 Å². The van der Waals surface area contributed by atoms with Crippen LogP contribution < -0.4 is 10.6 Å². The maximum Gasteiger partial charge on any atom is 0.238 e. The molecule has 18 heavy (non-hydrogen) atoms. The van der Waals surface area contributed by atoms with Crippen molar-refractivity contribution < 1.29 is 18.0 Å². The van der Waals surface area contributed by atoms with Crippen LogP contribution in [0.25, 0.3) is 0 Å². The van der Waals surface area contributed by atoms with Gasteiger partial charge in [-0.3, -0.25) is 4.79 Å². The van der Waals surface area contributed by atoms with Gasteiger partial charge in [0.1, 0.15) is 0 Å². The number of hydrogen-bond donors (Lipinski definition) is 2. The number of halogens is 3. The predicted octanol–water partition coefficient (Wildman–Crippen LogP) is 2.29. The lowest BCUT2D eigenvalue weighted by molar-refractivity contribution is -0.115. The van der Waals surface area contributed by atoms with Gasteiger partial charge in [0.05, 0.1) is 12.2 Å². The van der Waals surface area contributed by atoms with E-state index < -0.39 is 23.4 Å². The van der Waals surface area contributed by atoms with Crippen molar-refractivity contribution in [1.82, 2.24) is 5.32 Å². The van der Waals surface area contributed by atoms with E-state index >= 15 is 0 Å². The largest absolute Gasteiger partial charge is 0.322 e. The second-order valence-electron chi connectivity index (χ2n) is 4.30. The molecule has 0 fully saturated rings. The molecule has 0 saturated heterocycles. The standard InChI is InChI=1S/C12H15F3N2O/c1-7(2)5-16-6-10(18)17-9-4-3-8(13)11(14)12(9)15/h3-4,7,16H,5-6H2,1-2H3,(H,17,18). The third kappa shape index (κ3) is 4.03. The normalized spacial score (nSPS) is 10.8. The minimum absolute atomic E-state index is 0.0172. The van der Waals surface area contributed by atoms with Gasteiger partial charge in [-0.05, 0) is 24.6 Å². The zero-order chi connectivity index (χ0) is 13.7. The number of rotatable bonds is 5. The summed E-state index contributed by atoms with van der Waals surface area (Å²) >= 11 is 0. The lowest BCUT2D eigenvalue weighted by Crippen LogP contribution is -2.30. The van der Waals surface area contributed by atoms with Gasteiger partial charge < -0.3 is 10.6 Å². The van der Waals surface area contributed by atoms with E-state index in [1.54, 1.807) is 0 Å². The molecule has 0 atom stereocenters. The van der Waals surface area contributed by atoms with Crippen LogP contribution in [0.5, 0.6) is 0 Å². The van der Waals surface area contributed by atoms with Crippen molar-refractivity contribution in [3.05, 3.63) is 29.6 Å². The number of amides is 1. The predicted molar refractivity (Wildman–Crippen MR) is 62.7 cm³/mol. The molecule has 3 nitrogen and oxygen atoms in total. The molecule has 0 aliphatic carbocycles. The van der Waals surface area contributed by atoms with Crippen molar-refractivity contribution in [2.75, 3.05) is 18.4 Å². The quantitative estimate of drug-likeness (QED) is 0.797. The minimum atomic E-state index is -1.59. The van der Waals surface area contributed by atoms with Gasteiger partial charge in [-0.25, -0.2) is 13.2 Å². The number of benzene rings is 1. The Morgan fingerprint density at radius 1 is 1.22 bits per heavy atom. The second-order valence-corrected chi connectivity index (χ2v) is 4.30. The summed E-state index contributed by atoms with van der Waals surface area (Å²) in [6.45, 7) is 4.56. The molecule has 6 heteroatoms. The Morgan fingerprint density at radius 3 is 2.50 bits per heavy atom. The van der Waals surface area contributed by atoms with Crippen molar-refractivity contribution in [3.8, 4) is 0 Å². The number of carbonyl (C=O) groups excluding carboxylic acids is 1. The smallest absolute Gasteiger partial charge is 0.238 e. The third-order valence-electron chi connectivity index (χ3n) is 2.15. The molecular formula is C12H15F3N2O. The summed E-state index contributed by atoms with van der Waals surface area (Å²) in [6.07, 6.45) is 0. The Morgan fingerprint density at radius 2 is 1.89 bits per heavy atom. The number of anilines is 1. The summed E-state index contributed by atoms with van der Waals surface area (Å²) in [4.78, 5) is 11.4. The number of carbonyl (C=O) groups is 1. The van der Waals surface area contributed by atoms with E-state index in [0.29, 0.717) is 12.5 Å². The molecule has 100 valence electrons. The Labute approximate surface area is 103 Å². The first-order chi connectivity index (χ1) is 8.41. The average molecular weight is 260 g/mol.